The lowest BCUT2D eigenvalue weighted by Crippen LogP contribution is -2.49. The second-order valence-corrected chi connectivity index (χ2v) is 6.65. The van der Waals surface area contributed by atoms with Gasteiger partial charge in [-0.05, 0) is 43.0 Å². The zero-order valence-corrected chi connectivity index (χ0v) is 14.3. The van der Waals surface area contributed by atoms with Crippen molar-refractivity contribution in [1.82, 2.24) is 20.4 Å². The van der Waals surface area contributed by atoms with Crippen LogP contribution in [0.3, 0.4) is 0 Å². The van der Waals surface area contributed by atoms with Crippen molar-refractivity contribution in [2.24, 2.45) is 0 Å². The summed E-state index contributed by atoms with van der Waals surface area (Å²) in [4.78, 5) is 16.5. The number of hydrogen-bond donors (Lipinski definition) is 1. The number of aromatic nitrogens is 2. The predicted molar refractivity (Wildman–Crippen MR) is 93.3 cm³/mol. The summed E-state index contributed by atoms with van der Waals surface area (Å²) >= 11 is 0. The summed E-state index contributed by atoms with van der Waals surface area (Å²) in [5, 5.41) is 11.7. The molecule has 4 rings (SSSR count). The first kappa shape index (κ1) is 16.1. The fraction of sp³-hybridized carbons (Fsp3) is 0.500. The van der Waals surface area contributed by atoms with Gasteiger partial charge in [0.25, 0.3) is 0 Å². The van der Waals surface area contributed by atoms with E-state index in [1.165, 1.54) is 12.0 Å². The molecule has 0 aromatic carbocycles. The van der Waals surface area contributed by atoms with Crippen LogP contribution in [0.4, 0.5) is 5.82 Å². The third-order valence-corrected chi connectivity index (χ3v) is 4.91. The normalized spacial score (nSPS) is 17.5. The summed E-state index contributed by atoms with van der Waals surface area (Å²) in [5.74, 6) is 1.78. The summed E-state index contributed by atoms with van der Waals surface area (Å²) in [7, 11) is 0. The van der Waals surface area contributed by atoms with Crippen LogP contribution >= 0.6 is 0 Å². The Balaban J connectivity index is 1.24. The lowest BCUT2D eigenvalue weighted by atomic mass is 10.2. The first-order valence-corrected chi connectivity index (χ1v) is 8.90. The molecular weight excluding hydrogens is 318 g/mol. The first-order valence-electron chi connectivity index (χ1n) is 8.90. The summed E-state index contributed by atoms with van der Waals surface area (Å²) in [6, 6.07) is 5.88. The number of anilines is 1. The van der Waals surface area contributed by atoms with Crippen molar-refractivity contribution in [3.05, 3.63) is 41.5 Å². The molecule has 1 fully saturated rings. The first-order chi connectivity index (χ1) is 12.3. The second kappa shape index (κ2) is 7.23. The van der Waals surface area contributed by atoms with Gasteiger partial charge in [-0.15, -0.1) is 5.10 Å². The average Bonchev–Trinajstić information content (AvgIpc) is 3.31. The van der Waals surface area contributed by atoms with Crippen LogP contribution in [-0.2, 0) is 24.2 Å². The topological polar surface area (TPSA) is 74.5 Å². The van der Waals surface area contributed by atoms with E-state index in [0.29, 0.717) is 13.1 Å². The number of aryl methyl sites for hydroxylation is 2. The molecular formula is C18H23N5O2. The molecule has 3 heterocycles. The summed E-state index contributed by atoms with van der Waals surface area (Å²) < 4.78 is 5.22. The van der Waals surface area contributed by atoms with Gasteiger partial charge >= 0.3 is 0 Å². The number of nitrogens with one attached hydrogen (secondary N) is 1. The fourth-order valence-electron chi connectivity index (χ4n) is 3.46. The van der Waals surface area contributed by atoms with E-state index in [2.05, 4.69) is 31.4 Å². The average molecular weight is 341 g/mol. The van der Waals surface area contributed by atoms with Gasteiger partial charge in [0.15, 0.2) is 5.82 Å². The highest BCUT2D eigenvalue weighted by Crippen LogP contribution is 2.23. The number of carbonyl (C=O) groups is 1. The summed E-state index contributed by atoms with van der Waals surface area (Å²) in [5.41, 5.74) is 2.51. The largest absolute Gasteiger partial charge is 0.467 e. The van der Waals surface area contributed by atoms with E-state index in [1.807, 2.05) is 12.1 Å². The molecule has 1 N–H and O–H groups in total. The van der Waals surface area contributed by atoms with E-state index in [-0.39, 0.29) is 5.91 Å². The van der Waals surface area contributed by atoms with Crippen molar-refractivity contribution in [3.8, 4) is 0 Å². The van der Waals surface area contributed by atoms with E-state index in [0.717, 1.165) is 56.3 Å². The third kappa shape index (κ3) is 3.82. The van der Waals surface area contributed by atoms with Crippen LogP contribution in [0.25, 0.3) is 0 Å². The lowest BCUT2D eigenvalue weighted by Gasteiger charge is -2.34. The predicted octanol–water partition coefficient (Wildman–Crippen LogP) is 0.997. The maximum atomic E-state index is 12.1. The molecule has 0 bridgehead atoms. The molecule has 2 aromatic rings. The van der Waals surface area contributed by atoms with Gasteiger partial charge in [0, 0.05) is 26.2 Å². The highest BCUT2D eigenvalue weighted by atomic mass is 16.3. The molecule has 0 atom stereocenters. The van der Waals surface area contributed by atoms with Crippen molar-refractivity contribution in [2.75, 3.05) is 37.6 Å². The van der Waals surface area contributed by atoms with Gasteiger partial charge in [-0.3, -0.25) is 9.69 Å². The monoisotopic (exact) mass is 341 g/mol. The van der Waals surface area contributed by atoms with Crippen molar-refractivity contribution in [3.63, 3.8) is 0 Å². The number of carbonyl (C=O) groups excluding carboxylic acids is 1. The third-order valence-electron chi connectivity index (χ3n) is 4.91. The Morgan fingerprint density at radius 2 is 2.08 bits per heavy atom. The van der Waals surface area contributed by atoms with Crippen LogP contribution in [-0.4, -0.2) is 53.7 Å². The Bertz CT molecular complexity index is 723. The van der Waals surface area contributed by atoms with E-state index in [4.69, 9.17) is 4.42 Å². The van der Waals surface area contributed by atoms with Gasteiger partial charge < -0.3 is 14.6 Å². The fourth-order valence-corrected chi connectivity index (χ4v) is 3.46. The Hall–Kier alpha value is -2.41. The second-order valence-electron chi connectivity index (χ2n) is 6.65. The van der Waals surface area contributed by atoms with Crippen molar-refractivity contribution >= 4 is 11.7 Å². The molecule has 7 heteroatoms. The van der Waals surface area contributed by atoms with Crippen molar-refractivity contribution in [2.45, 2.75) is 25.8 Å². The van der Waals surface area contributed by atoms with Gasteiger partial charge in [0.1, 0.15) is 5.76 Å². The smallest absolute Gasteiger partial charge is 0.234 e. The molecule has 1 aliphatic carbocycles. The molecule has 132 valence electrons. The quantitative estimate of drug-likeness (QED) is 0.874. The standard InChI is InChI=1S/C18H23N5O2/c24-18(19-12-15-4-2-10-25-15)13-22-6-8-23(9-7-22)17-11-14-3-1-5-16(14)20-21-17/h2,4,10-11H,1,3,5-9,12-13H2,(H,19,24). The Morgan fingerprint density at radius 1 is 1.20 bits per heavy atom. The molecule has 0 spiro atoms. The summed E-state index contributed by atoms with van der Waals surface area (Å²) in [6.45, 7) is 4.32. The highest BCUT2D eigenvalue weighted by Gasteiger charge is 2.22. The maximum Gasteiger partial charge on any atom is 0.234 e. The Kier molecular flexibility index (Phi) is 4.65. The number of hydrogen-bond acceptors (Lipinski definition) is 6. The minimum absolute atomic E-state index is 0.0298. The zero-order chi connectivity index (χ0) is 17.1. The molecule has 7 nitrogen and oxygen atoms in total. The minimum Gasteiger partial charge on any atom is -0.467 e. The van der Waals surface area contributed by atoms with Crippen molar-refractivity contribution < 1.29 is 9.21 Å². The van der Waals surface area contributed by atoms with Crippen LogP contribution in [0.2, 0.25) is 0 Å². The summed E-state index contributed by atoms with van der Waals surface area (Å²) in [6.07, 6.45) is 4.98. The molecule has 1 aliphatic heterocycles. The lowest BCUT2D eigenvalue weighted by molar-refractivity contribution is -0.122. The van der Waals surface area contributed by atoms with Crippen LogP contribution in [0, 0.1) is 0 Å². The molecule has 25 heavy (non-hydrogen) atoms. The van der Waals surface area contributed by atoms with E-state index in [9.17, 15) is 4.79 Å². The maximum absolute atomic E-state index is 12.1. The molecule has 0 unspecified atom stereocenters. The highest BCUT2D eigenvalue weighted by molar-refractivity contribution is 5.78. The number of rotatable bonds is 5. The van der Waals surface area contributed by atoms with Gasteiger partial charge in [-0.1, -0.05) is 0 Å². The molecule has 0 saturated carbocycles. The number of fused-ring (bicyclic) bond motifs is 1. The van der Waals surface area contributed by atoms with Gasteiger partial charge in [0.05, 0.1) is 25.0 Å². The minimum atomic E-state index is 0.0298. The number of nitrogens with zero attached hydrogens (tertiary/aromatic N) is 4. The van der Waals surface area contributed by atoms with E-state index < -0.39 is 0 Å². The van der Waals surface area contributed by atoms with Crippen LogP contribution in [0.15, 0.2) is 28.9 Å². The van der Waals surface area contributed by atoms with Gasteiger partial charge in [0.2, 0.25) is 5.91 Å². The van der Waals surface area contributed by atoms with Crippen LogP contribution in [0.5, 0.6) is 0 Å². The van der Waals surface area contributed by atoms with E-state index >= 15 is 0 Å². The van der Waals surface area contributed by atoms with Crippen molar-refractivity contribution in [1.29, 1.82) is 0 Å². The van der Waals surface area contributed by atoms with Crippen LogP contribution in [0.1, 0.15) is 23.4 Å². The Labute approximate surface area is 147 Å². The van der Waals surface area contributed by atoms with E-state index in [1.54, 1.807) is 6.26 Å². The Morgan fingerprint density at radius 3 is 2.88 bits per heavy atom. The molecule has 2 aromatic heterocycles. The molecule has 0 radical (unpaired) electrons. The van der Waals surface area contributed by atoms with Gasteiger partial charge in [-0.2, -0.15) is 5.10 Å². The molecule has 2 aliphatic rings. The molecule has 1 amide bonds. The van der Waals surface area contributed by atoms with Gasteiger partial charge in [-0.25, -0.2) is 0 Å². The number of piperazine rings is 1. The van der Waals surface area contributed by atoms with Crippen LogP contribution < -0.4 is 10.2 Å². The number of furan rings is 1. The molecule has 1 saturated heterocycles. The zero-order valence-electron chi connectivity index (χ0n) is 14.3. The number of amides is 1. The SMILES string of the molecule is O=C(CN1CCN(c2cc3c(nn2)CCC3)CC1)NCc1ccco1.